The molecule has 2 aromatic carbocycles. The maximum absolute atomic E-state index is 12.0. The summed E-state index contributed by atoms with van der Waals surface area (Å²) in [6.45, 7) is 6.05. The van der Waals surface area contributed by atoms with Gasteiger partial charge in [0.05, 0.1) is 0 Å². The van der Waals surface area contributed by atoms with Gasteiger partial charge in [0.25, 0.3) is 0 Å². The minimum atomic E-state index is -0.310. The SMILES string of the molecule is Cc1cc(C)c(NC(=S)NC(=O)/C=C/c2ccccc2Cl)c(C)c1. The highest BCUT2D eigenvalue weighted by Gasteiger charge is 2.07. The van der Waals surface area contributed by atoms with Crippen molar-refractivity contribution in [3.8, 4) is 0 Å². The van der Waals surface area contributed by atoms with Crippen LogP contribution in [0.25, 0.3) is 6.08 Å². The molecule has 0 spiro atoms. The molecule has 2 rings (SSSR count). The van der Waals surface area contributed by atoms with Gasteiger partial charge in [0, 0.05) is 16.8 Å². The number of hydrogen-bond donors (Lipinski definition) is 2. The number of carbonyl (C=O) groups excluding carboxylic acids is 1. The first-order chi connectivity index (χ1) is 11.4. The molecule has 2 aromatic rings. The number of rotatable bonds is 3. The van der Waals surface area contributed by atoms with Crippen LogP contribution in [0.15, 0.2) is 42.5 Å². The average Bonchev–Trinajstić information content (AvgIpc) is 2.50. The van der Waals surface area contributed by atoms with E-state index in [1.807, 2.05) is 39.0 Å². The first-order valence-electron chi connectivity index (χ1n) is 7.49. The summed E-state index contributed by atoms with van der Waals surface area (Å²) in [5.74, 6) is -0.310. The number of anilines is 1. The van der Waals surface area contributed by atoms with E-state index < -0.39 is 0 Å². The van der Waals surface area contributed by atoms with E-state index in [1.54, 1.807) is 12.1 Å². The van der Waals surface area contributed by atoms with Crippen LogP contribution in [-0.2, 0) is 4.79 Å². The van der Waals surface area contributed by atoms with Gasteiger partial charge < -0.3 is 5.32 Å². The van der Waals surface area contributed by atoms with Crippen molar-refractivity contribution in [2.45, 2.75) is 20.8 Å². The standard InChI is InChI=1S/C19H19ClN2OS/c1-12-10-13(2)18(14(3)11-12)22-19(24)21-17(23)9-8-15-6-4-5-7-16(15)20/h4-11H,1-3H3,(H2,21,22,23,24)/b9-8+. The van der Waals surface area contributed by atoms with Gasteiger partial charge in [0.15, 0.2) is 5.11 Å². The Morgan fingerprint density at radius 1 is 1.12 bits per heavy atom. The molecule has 3 nitrogen and oxygen atoms in total. The second-order valence-electron chi connectivity index (χ2n) is 5.57. The van der Waals surface area contributed by atoms with E-state index in [-0.39, 0.29) is 11.0 Å². The lowest BCUT2D eigenvalue weighted by molar-refractivity contribution is -0.115. The van der Waals surface area contributed by atoms with Gasteiger partial charge in [-0.25, -0.2) is 0 Å². The summed E-state index contributed by atoms with van der Waals surface area (Å²) >= 11 is 11.3. The lowest BCUT2D eigenvalue weighted by Gasteiger charge is -2.14. The molecule has 0 aliphatic rings. The summed E-state index contributed by atoms with van der Waals surface area (Å²) in [6, 6.07) is 11.4. The molecule has 0 fully saturated rings. The third-order valence-corrected chi connectivity index (χ3v) is 4.02. The van der Waals surface area contributed by atoms with Crippen LogP contribution in [0.3, 0.4) is 0 Å². The molecule has 124 valence electrons. The Morgan fingerprint density at radius 3 is 2.38 bits per heavy atom. The Labute approximate surface area is 152 Å². The van der Waals surface area contributed by atoms with Gasteiger partial charge in [-0.3, -0.25) is 10.1 Å². The normalized spacial score (nSPS) is 10.7. The Kier molecular flexibility index (Phi) is 6.12. The number of amides is 1. The van der Waals surface area contributed by atoms with Crippen LogP contribution in [0, 0.1) is 20.8 Å². The molecule has 0 aliphatic carbocycles. The second-order valence-corrected chi connectivity index (χ2v) is 6.39. The number of benzene rings is 2. The smallest absolute Gasteiger partial charge is 0.250 e. The molecule has 0 aliphatic heterocycles. The summed E-state index contributed by atoms with van der Waals surface area (Å²) in [5.41, 5.74) is 5.04. The van der Waals surface area contributed by atoms with Crippen molar-refractivity contribution in [1.82, 2.24) is 5.32 Å². The van der Waals surface area contributed by atoms with E-state index in [2.05, 4.69) is 22.8 Å². The Balaban J connectivity index is 2.00. The zero-order valence-corrected chi connectivity index (χ0v) is 15.4. The fourth-order valence-corrected chi connectivity index (χ4v) is 2.85. The van der Waals surface area contributed by atoms with Crippen LogP contribution in [0.4, 0.5) is 5.69 Å². The third kappa shape index (κ3) is 4.91. The fraction of sp³-hybridized carbons (Fsp3) is 0.158. The molecule has 0 unspecified atom stereocenters. The van der Waals surface area contributed by atoms with E-state index in [9.17, 15) is 4.79 Å². The first kappa shape index (κ1) is 18.2. The van der Waals surface area contributed by atoms with Crippen LogP contribution in [0.1, 0.15) is 22.3 Å². The van der Waals surface area contributed by atoms with Crippen LogP contribution in [-0.4, -0.2) is 11.0 Å². The number of thiocarbonyl (C=S) groups is 1. The number of carbonyl (C=O) groups is 1. The predicted octanol–water partition coefficient (Wildman–Crippen LogP) is 4.79. The molecule has 0 bridgehead atoms. The van der Waals surface area contributed by atoms with Crippen molar-refractivity contribution in [2.24, 2.45) is 0 Å². The summed E-state index contributed by atoms with van der Waals surface area (Å²) in [4.78, 5) is 12.0. The highest BCUT2D eigenvalue weighted by molar-refractivity contribution is 7.80. The molecule has 0 aromatic heterocycles. The molecule has 0 saturated carbocycles. The van der Waals surface area contributed by atoms with Gasteiger partial charge in [-0.1, -0.05) is 47.5 Å². The van der Waals surface area contributed by atoms with Crippen molar-refractivity contribution in [3.63, 3.8) is 0 Å². The van der Waals surface area contributed by atoms with Crippen LogP contribution in [0.2, 0.25) is 5.02 Å². The van der Waals surface area contributed by atoms with Crippen molar-refractivity contribution in [1.29, 1.82) is 0 Å². The maximum atomic E-state index is 12.0. The average molecular weight is 359 g/mol. The van der Waals surface area contributed by atoms with Gasteiger partial charge in [0.1, 0.15) is 0 Å². The largest absolute Gasteiger partial charge is 0.332 e. The molecule has 24 heavy (non-hydrogen) atoms. The fourth-order valence-electron chi connectivity index (χ4n) is 2.45. The van der Waals surface area contributed by atoms with Crippen molar-refractivity contribution < 1.29 is 4.79 Å². The van der Waals surface area contributed by atoms with Gasteiger partial charge in [-0.2, -0.15) is 0 Å². The Morgan fingerprint density at radius 2 is 1.75 bits per heavy atom. The highest BCUT2D eigenvalue weighted by Crippen LogP contribution is 2.21. The Hall–Kier alpha value is -2.17. The molecule has 0 saturated heterocycles. The van der Waals surface area contributed by atoms with E-state index >= 15 is 0 Å². The number of nitrogens with one attached hydrogen (secondary N) is 2. The van der Waals surface area contributed by atoms with E-state index in [0.717, 1.165) is 22.4 Å². The summed E-state index contributed by atoms with van der Waals surface area (Å²) in [7, 11) is 0. The molecule has 2 N–H and O–H groups in total. The quantitative estimate of drug-likeness (QED) is 0.612. The molecular formula is C19H19ClN2OS. The molecule has 0 radical (unpaired) electrons. The number of halogens is 1. The zero-order chi connectivity index (χ0) is 17.7. The monoisotopic (exact) mass is 358 g/mol. The topological polar surface area (TPSA) is 41.1 Å². The molecule has 0 heterocycles. The minimum Gasteiger partial charge on any atom is -0.332 e. The summed E-state index contributed by atoms with van der Waals surface area (Å²) in [6.07, 6.45) is 3.06. The molecule has 0 atom stereocenters. The number of hydrogen-bond acceptors (Lipinski definition) is 2. The van der Waals surface area contributed by atoms with E-state index in [1.165, 1.54) is 11.6 Å². The summed E-state index contributed by atoms with van der Waals surface area (Å²) in [5, 5.41) is 6.58. The highest BCUT2D eigenvalue weighted by atomic mass is 35.5. The molecule has 5 heteroatoms. The summed E-state index contributed by atoms with van der Waals surface area (Å²) < 4.78 is 0. The first-order valence-corrected chi connectivity index (χ1v) is 8.28. The van der Waals surface area contributed by atoms with Gasteiger partial charge >= 0.3 is 0 Å². The lowest BCUT2D eigenvalue weighted by atomic mass is 10.1. The van der Waals surface area contributed by atoms with Crippen LogP contribution >= 0.6 is 23.8 Å². The maximum Gasteiger partial charge on any atom is 0.250 e. The molecular weight excluding hydrogens is 340 g/mol. The van der Waals surface area contributed by atoms with Gasteiger partial charge in [-0.15, -0.1) is 0 Å². The van der Waals surface area contributed by atoms with E-state index in [0.29, 0.717) is 5.02 Å². The zero-order valence-electron chi connectivity index (χ0n) is 13.8. The minimum absolute atomic E-state index is 0.263. The van der Waals surface area contributed by atoms with Crippen molar-refractivity contribution in [3.05, 3.63) is 69.8 Å². The predicted molar refractivity (Wildman–Crippen MR) is 106 cm³/mol. The second kappa shape index (κ2) is 8.08. The molecule has 1 amide bonds. The Bertz CT molecular complexity index is 792. The van der Waals surface area contributed by atoms with Gasteiger partial charge in [-0.05, 0) is 61.8 Å². The van der Waals surface area contributed by atoms with Crippen molar-refractivity contribution in [2.75, 3.05) is 5.32 Å². The van der Waals surface area contributed by atoms with Gasteiger partial charge in [0.2, 0.25) is 5.91 Å². The van der Waals surface area contributed by atoms with Crippen LogP contribution < -0.4 is 10.6 Å². The van der Waals surface area contributed by atoms with Crippen molar-refractivity contribution >= 4 is 46.6 Å². The third-order valence-electron chi connectivity index (χ3n) is 3.47. The van der Waals surface area contributed by atoms with E-state index in [4.69, 9.17) is 23.8 Å². The lowest BCUT2D eigenvalue weighted by Crippen LogP contribution is -2.33. The van der Waals surface area contributed by atoms with Crippen LogP contribution in [0.5, 0.6) is 0 Å². The number of aryl methyl sites for hydroxylation is 3.